The summed E-state index contributed by atoms with van der Waals surface area (Å²) in [5.74, 6) is -0.214. The van der Waals surface area contributed by atoms with Crippen molar-refractivity contribution in [3.05, 3.63) is 57.0 Å². The van der Waals surface area contributed by atoms with Gasteiger partial charge >= 0.3 is 0 Å². The van der Waals surface area contributed by atoms with Gasteiger partial charge in [-0.3, -0.25) is 4.79 Å². The van der Waals surface area contributed by atoms with E-state index in [0.29, 0.717) is 20.8 Å². The van der Waals surface area contributed by atoms with Gasteiger partial charge in [0.1, 0.15) is 0 Å². The Balaban J connectivity index is 1.97. The molecule has 0 unspecified atom stereocenters. The van der Waals surface area contributed by atoms with Crippen molar-refractivity contribution in [2.45, 2.75) is 6.92 Å². The Bertz CT molecular complexity index is 674. The lowest BCUT2D eigenvalue weighted by atomic mass is 10.2. The van der Waals surface area contributed by atoms with E-state index in [1.54, 1.807) is 24.3 Å². The van der Waals surface area contributed by atoms with Crippen molar-refractivity contribution < 1.29 is 4.79 Å². The fourth-order valence-corrected chi connectivity index (χ4v) is 2.37. The minimum atomic E-state index is -0.214. The molecule has 3 nitrogen and oxygen atoms in total. The normalized spacial score (nSPS) is 10.3. The molecular weight excluding hydrogens is 331 g/mol. The van der Waals surface area contributed by atoms with E-state index in [1.807, 2.05) is 19.1 Å². The van der Waals surface area contributed by atoms with Crippen LogP contribution >= 0.6 is 34.8 Å². The van der Waals surface area contributed by atoms with Gasteiger partial charge in [-0.25, -0.2) is 0 Å². The van der Waals surface area contributed by atoms with Gasteiger partial charge in [0.25, 0.3) is 0 Å². The van der Waals surface area contributed by atoms with Gasteiger partial charge in [-0.15, -0.1) is 0 Å². The number of carbonyl (C=O) groups is 1. The van der Waals surface area contributed by atoms with Crippen molar-refractivity contribution in [2.24, 2.45) is 0 Å². The van der Waals surface area contributed by atoms with E-state index < -0.39 is 0 Å². The van der Waals surface area contributed by atoms with Gasteiger partial charge in [0.15, 0.2) is 0 Å². The molecule has 0 atom stereocenters. The molecule has 6 heteroatoms. The Kier molecular flexibility index (Phi) is 5.34. The molecule has 0 saturated heterocycles. The average molecular weight is 344 g/mol. The quantitative estimate of drug-likeness (QED) is 0.819. The molecule has 2 aromatic rings. The molecule has 0 aromatic heterocycles. The highest BCUT2D eigenvalue weighted by Crippen LogP contribution is 2.29. The Morgan fingerprint density at radius 2 is 1.86 bits per heavy atom. The number of benzene rings is 2. The van der Waals surface area contributed by atoms with Crippen LogP contribution in [-0.4, -0.2) is 12.5 Å². The maximum Gasteiger partial charge on any atom is 0.243 e. The number of rotatable bonds is 4. The van der Waals surface area contributed by atoms with Crippen molar-refractivity contribution in [1.82, 2.24) is 0 Å². The second-order valence-corrected chi connectivity index (χ2v) is 5.68. The molecule has 0 bridgehead atoms. The lowest BCUT2D eigenvalue weighted by Gasteiger charge is -2.11. The topological polar surface area (TPSA) is 41.1 Å². The summed E-state index contributed by atoms with van der Waals surface area (Å²) in [5, 5.41) is 7.14. The molecule has 110 valence electrons. The van der Waals surface area contributed by atoms with E-state index in [4.69, 9.17) is 34.8 Å². The van der Waals surface area contributed by atoms with Crippen LogP contribution in [0.4, 0.5) is 11.4 Å². The molecule has 0 heterocycles. The first-order valence-corrected chi connectivity index (χ1v) is 7.34. The molecule has 0 saturated carbocycles. The zero-order valence-corrected chi connectivity index (χ0v) is 13.5. The fourth-order valence-electron chi connectivity index (χ4n) is 1.80. The van der Waals surface area contributed by atoms with Gasteiger partial charge < -0.3 is 10.6 Å². The van der Waals surface area contributed by atoms with Crippen LogP contribution in [0.15, 0.2) is 36.4 Å². The summed E-state index contributed by atoms with van der Waals surface area (Å²) in [6, 6.07) is 10.5. The highest BCUT2D eigenvalue weighted by molar-refractivity contribution is 6.44. The van der Waals surface area contributed by atoms with Crippen molar-refractivity contribution in [3.8, 4) is 0 Å². The summed E-state index contributed by atoms with van der Waals surface area (Å²) in [5.41, 5.74) is 2.31. The summed E-state index contributed by atoms with van der Waals surface area (Å²) in [6.07, 6.45) is 0. The van der Waals surface area contributed by atoms with E-state index in [-0.39, 0.29) is 12.5 Å². The molecule has 1 amide bonds. The third-order valence-corrected chi connectivity index (χ3v) is 3.91. The maximum atomic E-state index is 11.9. The smallest absolute Gasteiger partial charge is 0.243 e. The molecule has 0 aliphatic rings. The van der Waals surface area contributed by atoms with E-state index in [0.717, 1.165) is 11.3 Å². The summed E-state index contributed by atoms with van der Waals surface area (Å²) in [7, 11) is 0. The van der Waals surface area contributed by atoms with E-state index in [2.05, 4.69) is 10.6 Å². The first-order valence-electron chi connectivity index (χ1n) is 6.21. The number of halogens is 3. The first kappa shape index (κ1) is 16.0. The summed E-state index contributed by atoms with van der Waals surface area (Å²) in [4.78, 5) is 11.9. The number of nitrogens with one attached hydrogen (secondary N) is 2. The van der Waals surface area contributed by atoms with Gasteiger partial charge in [0.2, 0.25) is 5.91 Å². The number of aryl methyl sites for hydroxylation is 1. The number of hydrogen-bond acceptors (Lipinski definition) is 2. The second-order valence-electron chi connectivity index (χ2n) is 4.46. The van der Waals surface area contributed by atoms with Gasteiger partial charge in [0.05, 0.1) is 22.3 Å². The summed E-state index contributed by atoms with van der Waals surface area (Å²) < 4.78 is 0. The van der Waals surface area contributed by atoms with Crippen LogP contribution in [0, 0.1) is 6.92 Å². The highest BCUT2D eigenvalue weighted by Gasteiger charge is 2.08. The lowest BCUT2D eigenvalue weighted by molar-refractivity contribution is -0.114. The minimum Gasteiger partial charge on any atom is -0.376 e. The maximum absolute atomic E-state index is 11.9. The van der Waals surface area contributed by atoms with Gasteiger partial charge in [-0.05, 0) is 42.8 Å². The predicted octanol–water partition coefficient (Wildman–Crippen LogP) is 5.01. The van der Waals surface area contributed by atoms with Crippen LogP contribution in [0.25, 0.3) is 0 Å². The van der Waals surface area contributed by atoms with Gasteiger partial charge in [-0.1, -0.05) is 40.9 Å². The van der Waals surface area contributed by atoms with Crippen LogP contribution in [0.1, 0.15) is 5.56 Å². The van der Waals surface area contributed by atoms with E-state index in [1.165, 1.54) is 0 Å². The van der Waals surface area contributed by atoms with Crippen LogP contribution < -0.4 is 10.6 Å². The fraction of sp³-hybridized carbons (Fsp3) is 0.133. The molecule has 0 radical (unpaired) electrons. The largest absolute Gasteiger partial charge is 0.376 e. The summed E-state index contributed by atoms with van der Waals surface area (Å²) >= 11 is 17.8. The van der Waals surface area contributed by atoms with Crippen molar-refractivity contribution >= 4 is 52.1 Å². The zero-order chi connectivity index (χ0) is 15.4. The Morgan fingerprint density at radius 3 is 2.57 bits per heavy atom. The molecule has 21 heavy (non-hydrogen) atoms. The Labute approximate surface area is 138 Å². The van der Waals surface area contributed by atoms with Crippen LogP contribution in [-0.2, 0) is 4.79 Å². The highest BCUT2D eigenvalue weighted by atomic mass is 35.5. The molecular formula is C15H13Cl3N2O. The monoisotopic (exact) mass is 342 g/mol. The lowest BCUT2D eigenvalue weighted by Crippen LogP contribution is -2.22. The average Bonchev–Trinajstić information content (AvgIpc) is 2.43. The van der Waals surface area contributed by atoms with Gasteiger partial charge in [0, 0.05) is 10.7 Å². The first-order chi connectivity index (χ1) is 9.97. The number of hydrogen-bond donors (Lipinski definition) is 2. The Hall–Kier alpha value is -1.42. The summed E-state index contributed by atoms with van der Waals surface area (Å²) in [6.45, 7) is 2.03. The van der Waals surface area contributed by atoms with Crippen molar-refractivity contribution in [1.29, 1.82) is 0 Å². The van der Waals surface area contributed by atoms with Gasteiger partial charge in [-0.2, -0.15) is 0 Å². The van der Waals surface area contributed by atoms with Crippen LogP contribution in [0.5, 0.6) is 0 Å². The molecule has 0 aliphatic carbocycles. The molecule has 2 aromatic carbocycles. The molecule has 0 fully saturated rings. The standard InChI is InChI=1S/C15H13Cl3N2O/c1-9-7-10(16)5-6-12(9)19-8-14(21)20-13-4-2-3-11(17)15(13)18/h2-7,19H,8H2,1H3,(H,20,21). The molecule has 2 rings (SSSR count). The van der Waals surface area contributed by atoms with Crippen molar-refractivity contribution in [3.63, 3.8) is 0 Å². The number of carbonyl (C=O) groups excluding carboxylic acids is 1. The minimum absolute atomic E-state index is 0.116. The predicted molar refractivity (Wildman–Crippen MR) is 89.8 cm³/mol. The third-order valence-electron chi connectivity index (χ3n) is 2.85. The van der Waals surface area contributed by atoms with E-state index in [9.17, 15) is 4.79 Å². The van der Waals surface area contributed by atoms with Crippen LogP contribution in [0.3, 0.4) is 0 Å². The molecule has 0 spiro atoms. The zero-order valence-electron chi connectivity index (χ0n) is 11.2. The van der Waals surface area contributed by atoms with Crippen LogP contribution in [0.2, 0.25) is 15.1 Å². The van der Waals surface area contributed by atoms with Crippen molar-refractivity contribution in [2.75, 3.05) is 17.2 Å². The molecule has 0 aliphatic heterocycles. The number of amides is 1. The molecule has 2 N–H and O–H groups in total. The Morgan fingerprint density at radius 1 is 1.10 bits per heavy atom. The SMILES string of the molecule is Cc1cc(Cl)ccc1NCC(=O)Nc1cccc(Cl)c1Cl. The van der Waals surface area contributed by atoms with E-state index >= 15 is 0 Å². The third kappa shape index (κ3) is 4.27. The second kappa shape index (κ2) is 7.03. The number of anilines is 2.